The van der Waals surface area contributed by atoms with Gasteiger partial charge in [-0.15, -0.1) is 0 Å². The molecule has 0 aliphatic rings. The third-order valence-electron chi connectivity index (χ3n) is 2.68. The summed E-state index contributed by atoms with van der Waals surface area (Å²) < 4.78 is 42.3. The molecular weight excluding hydrogens is 275 g/mol. The Labute approximate surface area is 117 Å². The van der Waals surface area contributed by atoms with Crippen molar-refractivity contribution in [3.63, 3.8) is 0 Å². The molecule has 1 atom stereocenters. The van der Waals surface area contributed by atoms with E-state index in [1.54, 1.807) is 0 Å². The van der Waals surface area contributed by atoms with Crippen LogP contribution in [0.15, 0.2) is 30.3 Å². The molecule has 0 aromatic heterocycles. The van der Waals surface area contributed by atoms with Gasteiger partial charge in [-0.1, -0.05) is 30.3 Å². The number of benzene rings is 1. The highest BCUT2D eigenvalue weighted by molar-refractivity contribution is 7.80. The van der Waals surface area contributed by atoms with E-state index in [0.29, 0.717) is 12.4 Å². The van der Waals surface area contributed by atoms with Crippen molar-refractivity contribution in [2.45, 2.75) is 18.8 Å². The molecule has 1 aromatic carbocycles. The number of alkyl halides is 3. The Kier molecular flexibility index (Phi) is 6.68. The summed E-state index contributed by atoms with van der Waals surface area (Å²) in [5.74, 6) is 0.321. The molecule has 0 saturated heterocycles. The molecule has 19 heavy (non-hydrogen) atoms. The van der Waals surface area contributed by atoms with Crippen molar-refractivity contribution >= 4 is 12.6 Å². The van der Waals surface area contributed by atoms with E-state index in [9.17, 15) is 13.2 Å². The van der Waals surface area contributed by atoms with Gasteiger partial charge in [0.15, 0.2) is 0 Å². The van der Waals surface area contributed by atoms with Crippen molar-refractivity contribution in [1.29, 1.82) is 0 Å². The van der Waals surface area contributed by atoms with Crippen LogP contribution in [0.25, 0.3) is 0 Å². The molecule has 0 unspecified atom stereocenters. The summed E-state index contributed by atoms with van der Waals surface area (Å²) in [5.41, 5.74) is 0.999. The van der Waals surface area contributed by atoms with Gasteiger partial charge >= 0.3 is 6.18 Å². The fourth-order valence-electron chi connectivity index (χ4n) is 1.62. The summed E-state index contributed by atoms with van der Waals surface area (Å²) in [6.45, 7) is -0.330. The molecule has 0 saturated carbocycles. The number of rotatable bonds is 7. The first-order valence-electron chi connectivity index (χ1n) is 5.92. The topological polar surface area (TPSA) is 12.5 Å². The SMILES string of the molecule is CN(CC(F)(F)F)[C@H](CS)COCc1ccccc1. The lowest BCUT2D eigenvalue weighted by Crippen LogP contribution is -2.42. The van der Waals surface area contributed by atoms with Gasteiger partial charge in [0.25, 0.3) is 0 Å². The molecule has 2 nitrogen and oxygen atoms in total. The Morgan fingerprint density at radius 2 is 1.89 bits per heavy atom. The number of halogens is 3. The first kappa shape index (κ1) is 16.3. The van der Waals surface area contributed by atoms with Crippen LogP contribution < -0.4 is 0 Å². The third-order valence-corrected chi connectivity index (χ3v) is 3.11. The summed E-state index contributed by atoms with van der Waals surface area (Å²) in [7, 11) is 1.43. The van der Waals surface area contributed by atoms with Gasteiger partial charge in [0.05, 0.1) is 19.8 Å². The zero-order chi connectivity index (χ0) is 14.3. The van der Waals surface area contributed by atoms with Crippen LogP contribution in [-0.4, -0.2) is 43.1 Å². The van der Waals surface area contributed by atoms with Gasteiger partial charge in [0.1, 0.15) is 0 Å². The van der Waals surface area contributed by atoms with E-state index in [4.69, 9.17) is 4.74 Å². The van der Waals surface area contributed by atoms with E-state index in [1.165, 1.54) is 11.9 Å². The number of nitrogens with zero attached hydrogens (tertiary/aromatic N) is 1. The van der Waals surface area contributed by atoms with Crippen LogP contribution in [0.5, 0.6) is 0 Å². The second-order valence-electron chi connectivity index (χ2n) is 4.37. The summed E-state index contributed by atoms with van der Waals surface area (Å²) in [4.78, 5) is 1.22. The van der Waals surface area contributed by atoms with E-state index in [-0.39, 0.29) is 12.6 Å². The summed E-state index contributed by atoms with van der Waals surface area (Å²) in [6, 6.07) is 9.16. The van der Waals surface area contributed by atoms with Gasteiger partial charge in [0, 0.05) is 11.8 Å². The normalized spacial score (nSPS) is 13.8. The number of hydrogen-bond donors (Lipinski definition) is 1. The van der Waals surface area contributed by atoms with Crippen LogP contribution in [0.3, 0.4) is 0 Å². The number of thiol groups is 1. The first-order chi connectivity index (χ1) is 8.92. The highest BCUT2D eigenvalue weighted by atomic mass is 32.1. The second-order valence-corrected chi connectivity index (χ2v) is 4.73. The van der Waals surface area contributed by atoms with Gasteiger partial charge in [-0.3, -0.25) is 4.90 Å². The van der Waals surface area contributed by atoms with Crippen LogP contribution in [0.4, 0.5) is 13.2 Å². The number of ether oxygens (including phenoxy) is 1. The highest BCUT2D eigenvalue weighted by Crippen LogP contribution is 2.17. The maximum atomic E-state index is 12.3. The standard InChI is InChI=1S/C13H18F3NOS/c1-17(10-13(14,15)16)12(9-19)8-18-7-11-5-3-2-4-6-11/h2-6,12,19H,7-10H2,1H3/t12-/m0/s1. The summed E-state index contributed by atoms with van der Waals surface area (Å²) in [6.07, 6.45) is -4.20. The van der Waals surface area contributed by atoms with Crippen molar-refractivity contribution in [2.24, 2.45) is 0 Å². The van der Waals surface area contributed by atoms with E-state index >= 15 is 0 Å². The molecule has 6 heteroatoms. The lowest BCUT2D eigenvalue weighted by molar-refractivity contribution is -0.148. The lowest BCUT2D eigenvalue weighted by Gasteiger charge is -2.27. The lowest BCUT2D eigenvalue weighted by atomic mass is 10.2. The predicted molar refractivity (Wildman–Crippen MR) is 72.4 cm³/mol. The fourth-order valence-corrected chi connectivity index (χ4v) is 2.00. The van der Waals surface area contributed by atoms with Crippen LogP contribution >= 0.6 is 12.6 Å². The van der Waals surface area contributed by atoms with E-state index < -0.39 is 12.7 Å². The Morgan fingerprint density at radius 3 is 2.42 bits per heavy atom. The maximum absolute atomic E-state index is 12.3. The minimum absolute atomic E-state index is 0.227. The van der Waals surface area contributed by atoms with E-state index in [2.05, 4.69) is 12.6 Å². The number of likely N-dealkylation sites (N-methyl/N-ethyl adjacent to an activating group) is 1. The van der Waals surface area contributed by atoms with Gasteiger partial charge < -0.3 is 4.74 Å². The van der Waals surface area contributed by atoms with Crippen molar-refractivity contribution in [3.8, 4) is 0 Å². The van der Waals surface area contributed by atoms with Crippen molar-refractivity contribution in [2.75, 3.05) is 26.0 Å². The molecule has 0 aliphatic carbocycles. The average Bonchev–Trinajstić information content (AvgIpc) is 2.33. The second kappa shape index (κ2) is 7.77. The van der Waals surface area contributed by atoms with Gasteiger partial charge in [-0.2, -0.15) is 25.8 Å². The van der Waals surface area contributed by atoms with Gasteiger partial charge in [0.2, 0.25) is 0 Å². The fraction of sp³-hybridized carbons (Fsp3) is 0.538. The summed E-state index contributed by atoms with van der Waals surface area (Å²) >= 11 is 4.08. The minimum atomic E-state index is -4.20. The zero-order valence-corrected chi connectivity index (χ0v) is 11.6. The molecular formula is C13H18F3NOS. The Bertz CT molecular complexity index is 359. The first-order valence-corrected chi connectivity index (χ1v) is 6.55. The largest absolute Gasteiger partial charge is 0.401 e. The molecule has 108 valence electrons. The minimum Gasteiger partial charge on any atom is -0.375 e. The highest BCUT2D eigenvalue weighted by Gasteiger charge is 2.31. The Balaban J connectivity index is 2.36. The van der Waals surface area contributed by atoms with Crippen molar-refractivity contribution in [1.82, 2.24) is 4.90 Å². The molecule has 1 aromatic rings. The smallest absolute Gasteiger partial charge is 0.375 e. The quantitative estimate of drug-likeness (QED) is 0.776. The monoisotopic (exact) mass is 293 g/mol. The molecule has 1 rings (SSSR count). The predicted octanol–water partition coefficient (Wildman–Crippen LogP) is 3.00. The van der Waals surface area contributed by atoms with Crippen molar-refractivity contribution in [3.05, 3.63) is 35.9 Å². The molecule has 0 fully saturated rings. The summed E-state index contributed by atoms with van der Waals surface area (Å²) in [5, 5.41) is 0. The number of hydrogen-bond acceptors (Lipinski definition) is 3. The Hall–Kier alpha value is -0.720. The van der Waals surface area contributed by atoms with Crippen molar-refractivity contribution < 1.29 is 17.9 Å². The molecule has 0 heterocycles. The molecule has 0 N–H and O–H groups in total. The molecule has 0 spiro atoms. The molecule has 0 bridgehead atoms. The average molecular weight is 293 g/mol. The maximum Gasteiger partial charge on any atom is 0.401 e. The van der Waals surface area contributed by atoms with Gasteiger partial charge in [-0.05, 0) is 12.6 Å². The molecule has 0 amide bonds. The Morgan fingerprint density at radius 1 is 1.26 bits per heavy atom. The van der Waals surface area contributed by atoms with Gasteiger partial charge in [-0.25, -0.2) is 0 Å². The third kappa shape index (κ3) is 6.84. The van der Waals surface area contributed by atoms with Crippen LogP contribution in [0.1, 0.15) is 5.56 Å². The molecule has 0 radical (unpaired) electrons. The zero-order valence-electron chi connectivity index (χ0n) is 10.7. The van der Waals surface area contributed by atoms with E-state index in [1.807, 2.05) is 30.3 Å². The van der Waals surface area contributed by atoms with Crippen LogP contribution in [-0.2, 0) is 11.3 Å². The van der Waals surface area contributed by atoms with Crippen LogP contribution in [0, 0.1) is 0 Å². The van der Waals surface area contributed by atoms with E-state index in [0.717, 1.165) is 5.56 Å². The van der Waals surface area contributed by atoms with Crippen LogP contribution in [0.2, 0.25) is 0 Å². The molecule has 0 aliphatic heterocycles.